The van der Waals surface area contributed by atoms with E-state index in [0.29, 0.717) is 17.0 Å². The van der Waals surface area contributed by atoms with Crippen molar-refractivity contribution in [2.45, 2.75) is 12.6 Å². The van der Waals surface area contributed by atoms with E-state index in [9.17, 15) is 18.0 Å². The van der Waals surface area contributed by atoms with E-state index in [1.165, 1.54) is 24.3 Å². The van der Waals surface area contributed by atoms with E-state index >= 15 is 0 Å². The molecule has 5 nitrogen and oxygen atoms in total. The van der Waals surface area contributed by atoms with E-state index in [-0.39, 0.29) is 5.75 Å². The molecule has 2 aromatic rings. The lowest BCUT2D eigenvalue weighted by molar-refractivity contribution is -0.274. The third-order valence-electron chi connectivity index (χ3n) is 3.25. The fourth-order valence-corrected chi connectivity index (χ4v) is 2.13. The van der Waals surface area contributed by atoms with Gasteiger partial charge in [-0.1, -0.05) is 29.4 Å². The van der Waals surface area contributed by atoms with Gasteiger partial charge in [0.15, 0.2) is 5.84 Å². The van der Waals surface area contributed by atoms with Gasteiger partial charge in [0.05, 0.1) is 0 Å². The van der Waals surface area contributed by atoms with Gasteiger partial charge in [0.2, 0.25) is 6.23 Å². The molecular weight excluding hydrogens is 325 g/mol. The third-order valence-corrected chi connectivity index (χ3v) is 3.25. The van der Waals surface area contributed by atoms with Crippen LogP contribution in [-0.2, 0) is 4.84 Å². The number of aldehydes is 1. The van der Waals surface area contributed by atoms with Crippen molar-refractivity contribution in [1.82, 2.24) is 5.32 Å². The summed E-state index contributed by atoms with van der Waals surface area (Å²) >= 11 is 0. The Labute approximate surface area is 134 Å². The number of nitrogens with one attached hydrogen (secondary N) is 1. The first-order chi connectivity index (χ1) is 11.4. The van der Waals surface area contributed by atoms with Gasteiger partial charge in [-0.05, 0) is 24.3 Å². The van der Waals surface area contributed by atoms with E-state index in [4.69, 9.17) is 4.84 Å². The number of oxime groups is 1. The van der Waals surface area contributed by atoms with Crippen molar-refractivity contribution in [2.24, 2.45) is 5.16 Å². The predicted octanol–water partition coefficient (Wildman–Crippen LogP) is 3.38. The maximum Gasteiger partial charge on any atom is 0.573 e. The van der Waals surface area contributed by atoms with E-state index in [0.717, 1.165) is 11.8 Å². The number of hydrogen-bond donors (Lipinski definition) is 1. The van der Waals surface area contributed by atoms with Crippen LogP contribution in [0.15, 0.2) is 53.7 Å². The molecule has 1 heterocycles. The van der Waals surface area contributed by atoms with Crippen LogP contribution in [0.4, 0.5) is 13.2 Å². The molecule has 2 aromatic carbocycles. The van der Waals surface area contributed by atoms with Gasteiger partial charge >= 0.3 is 6.36 Å². The van der Waals surface area contributed by atoms with Crippen LogP contribution < -0.4 is 10.1 Å². The molecule has 8 heteroatoms. The van der Waals surface area contributed by atoms with Gasteiger partial charge < -0.3 is 14.9 Å². The first kappa shape index (κ1) is 15.9. The Morgan fingerprint density at radius 2 is 1.75 bits per heavy atom. The molecule has 1 unspecified atom stereocenters. The topological polar surface area (TPSA) is 59.9 Å². The number of halogens is 3. The summed E-state index contributed by atoms with van der Waals surface area (Å²) in [5.74, 6) is 0.0739. The summed E-state index contributed by atoms with van der Waals surface area (Å²) in [4.78, 5) is 15.9. The van der Waals surface area contributed by atoms with Gasteiger partial charge in [-0.25, -0.2) is 0 Å². The molecule has 0 bridgehead atoms. The minimum atomic E-state index is -4.73. The Bertz CT molecular complexity index is 756. The molecule has 1 aliphatic heterocycles. The SMILES string of the molecule is O=Cc1ccc(C2NC(c3ccc(OC(F)(F)F)cc3)=NO2)cc1. The van der Waals surface area contributed by atoms with Crippen molar-refractivity contribution in [3.63, 3.8) is 0 Å². The second-order valence-electron chi connectivity index (χ2n) is 4.93. The number of carbonyl (C=O) groups excluding carboxylic acids is 1. The Morgan fingerprint density at radius 3 is 2.33 bits per heavy atom. The lowest BCUT2D eigenvalue weighted by Crippen LogP contribution is -2.23. The largest absolute Gasteiger partial charge is 0.573 e. The average molecular weight is 336 g/mol. The number of hydrogen-bond acceptors (Lipinski definition) is 5. The monoisotopic (exact) mass is 336 g/mol. The van der Waals surface area contributed by atoms with Crippen LogP contribution >= 0.6 is 0 Å². The summed E-state index contributed by atoms with van der Waals surface area (Å²) in [6.45, 7) is 0. The maximum absolute atomic E-state index is 12.1. The van der Waals surface area contributed by atoms with Crippen LogP contribution in [0.1, 0.15) is 27.7 Å². The number of carbonyl (C=O) groups is 1. The Kier molecular flexibility index (Phi) is 4.11. The number of nitrogens with zero attached hydrogens (tertiary/aromatic N) is 1. The molecule has 1 aliphatic rings. The molecule has 0 radical (unpaired) electrons. The fourth-order valence-electron chi connectivity index (χ4n) is 2.13. The Balaban J connectivity index is 1.67. The minimum Gasteiger partial charge on any atom is -0.406 e. The molecule has 0 saturated carbocycles. The van der Waals surface area contributed by atoms with Crippen molar-refractivity contribution >= 4 is 12.1 Å². The van der Waals surface area contributed by atoms with Crippen molar-refractivity contribution in [3.05, 3.63) is 65.2 Å². The Hall–Kier alpha value is -3.03. The van der Waals surface area contributed by atoms with Crippen LogP contribution in [0.3, 0.4) is 0 Å². The molecule has 0 aromatic heterocycles. The van der Waals surface area contributed by atoms with Gasteiger partial charge in [0.25, 0.3) is 0 Å². The zero-order valence-corrected chi connectivity index (χ0v) is 12.1. The molecule has 124 valence electrons. The van der Waals surface area contributed by atoms with Crippen molar-refractivity contribution < 1.29 is 27.5 Å². The highest BCUT2D eigenvalue weighted by atomic mass is 19.4. The summed E-state index contributed by atoms with van der Waals surface area (Å²) in [5, 5.41) is 6.89. The molecule has 0 saturated heterocycles. The highest BCUT2D eigenvalue weighted by Gasteiger charge is 2.31. The number of benzene rings is 2. The Morgan fingerprint density at radius 1 is 1.08 bits per heavy atom. The van der Waals surface area contributed by atoms with Gasteiger partial charge in [0, 0.05) is 16.7 Å². The normalized spacial score (nSPS) is 16.8. The number of ether oxygens (including phenoxy) is 1. The maximum atomic E-state index is 12.1. The summed E-state index contributed by atoms with van der Waals surface area (Å²) in [6.07, 6.45) is -4.53. The van der Waals surface area contributed by atoms with Crippen molar-refractivity contribution in [3.8, 4) is 5.75 Å². The molecule has 0 fully saturated rings. The molecule has 3 rings (SSSR count). The predicted molar refractivity (Wildman–Crippen MR) is 78.5 cm³/mol. The summed E-state index contributed by atoms with van der Waals surface area (Å²) in [5.41, 5.74) is 1.85. The molecule has 0 amide bonds. The molecule has 24 heavy (non-hydrogen) atoms. The highest BCUT2D eigenvalue weighted by molar-refractivity contribution is 5.99. The lowest BCUT2D eigenvalue weighted by atomic mass is 10.1. The average Bonchev–Trinajstić information content (AvgIpc) is 3.04. The second-order valence-corrected chi connectivity index (χ2v) is 4.93. The first-order valence-corrected chi connectivity index (χ1v) is 6.86. The van der Waals surface area contributed by atoms with Crippen LogP contribution in [-0.4, -0.2) is 18.5 Å². The molecule has 1 N–H and O–H groups in total. The summed E-state index contributed by atoms with van der Waals surface area (Å²) < 4.78 is 40.2. The van der Waals surface area contributed by atoms with Crippen molar-refractivity contribution in [1.29, 1.82) is 0 Å². The quantitative estimate of drug-likeness (QED) is 0.870. The molecule has 1 atom stereocenters. The van der Waals surface area contributed by atoms with Crippen molar-refractivity contribution in [2.75, 3.05) is 0 Å². The summed E-state index contributed by atoms with van der Waals surface area (Å²) in [6, 6.07) is 12.0. The first-order valence-electron chi connectivity index (χ1n) is 6.86. The third kappa shape index (κ3) is 3.65. The van der Waals surface area contributed by atoms with Gasteiger partial charge in [-0.15, -0.1) is 13.2 Å². The van der Waals surface area contributed by atoms with Gasteiger partial charge in [-0.3, -0.25) is 4.79 Å². The lowest BCUT2D eigenvalue weighted by Gasteiger charge is -2.11. The number of amidine groups is 1. The second kappa shape index (κ2) is 6.23. The van der Waals surface area contributed by atoms with E-state index in [1.807, 2.05) is 0 Å². The van der Waals surface area contributed by atoms with Crippen LogP contribution in [0.25, 0.3) is 0 Å². The number of rotatable bonds is 4. The van der Waals surface area contributed by atoms with Crippen LogP contribution in [0.5, 0.6) is 5.75 Å². The molecular formula is C16H11F3N2O3. The van der Waals surface area contributed by atoms with Gasteiger partial charge in [0.1, 0.15) is 12.0 Å². The van der Waals surface area contributed by atoms with Crippen LogP contribution in [0, 0.1) is 0 Å². The van der Waals surface area contributed by atoms with E-state index in [1.54, 1.807) is 24.3 Å². The minimum absolute atomic E-state index is 0.313. The van der Waals surface area contributed by atoms with Gasteiger partial charge in [-0.2, -0.15) is 0 Å². The smallest absolute Gasteiger partial charge is 0.406 e. The standard InChI is InChI=1S/C16H11F3N2O3/c17-16(18,19)23-13-7-5-11(6-8-13)14-20-15(24-21-14)12-3-1-10(9-22)2-4-12/h1-9,15H,(H,20,21). The molecule has 0 aliphatic carbocycles. The number of alkyl halides is 3. The van der Waals surface area contributed by atoms with E-state index < -0.39 is 12.6 Å². The zero-order chi connectivity index (χ0) is 17.2. The summed E-state index contributed by atoms with van der Waals surface area (Å²) in [7, 11) is 0. The van der Waals surface area contributed by atoms with E-state index in [2.05, 4.69) is 15.2 Å². The highest BCUT2D eigenvalue weighted by Crippen LogP contribution is 2.25. The van der Waals surface area contributed by atoms with Crippen LogP contribution in [0.2, 0.25) is 0 Å². The fraction of sp³-hybridized carbons (Fsp3) is 0.125. The molecule has 0 spiro atoms. The zero-order valence-electron chi connectivity index (χ0n) is 12.1.